The van der Waals surface area contributed by atoms with E-state index in [4.69, 9.17) is 0 Å². The standard InChI is InChI=1S/C19H20N2O3S/c1-14-12-20-9-8-17(14)13-21(2)19(22)16-6-3-5-15(11-16)18-7-4-10-25(18,23)24/h3,5-9,11-12H,4,10,13H2,1-2H3. The molecule has 0 fully saturated rings. The number of rotatable bonds is 4. The minimum Gasteiger partial charge on any atom is -0.337 e. The third-order valence-electron chi connectivity index (χ3n) is 4.34. The Bertz CT molecular complexity index is 949. The molecule has 3 rings (SSSR count). The largest absolute Gasteiger partial charge is 0.337 e. The molecule has 0 N–H and O–H groups in total. The van der Waals surface area contributed by atoms with E-state index in [0.717, 1.165) is 11.1 Å². The van der Waals surface area contributed by atoms with Crippen molar-refractivity contribution in [2.24, 2.45) is 0 Å². The van der Waals surface area contributed by atoms with Crippen molar-refractivity contribution < 1.29 is 13.2 Å². The van der Waals surface area contributed by atoms with E-state index in [1.807, 2.05) is 13.0 Å². The first-order chi connectivity index (χ1) is 11.9. The molecule has 1 aromatic carbocycles. The zero-order valence-corrected chi connectivity index (χ0v) is 15.1. The van der Waals surface area contributed by atoms with Crippen LogP contribution in [0.3, 0.4) is 0 Å². The Labute approximate surface area is 147 Å². The van der Waals surface area contributed by atoms with Crippen LogP contribution in [-0.4, -0.2) is 37.0 Å². The van der Waals surface area contributed by atoms with Gasteiger partial charge < -0.3 is 4.90 Å². The SMILES string of the molecule is Cc1cnccc1CN(C)C(=O)c1cccc(C2=CCCS2(=O)=O)c1. The molecule has 5 nitrogen and oxygen atoms in total. The molecule has 1 aliphatic rings. The van der Waals surface area contributed by atoms with Crippen LogP contribution >= 0.6 is 0 Å². The van der Waals surface area contributed by atoms with Gasteiger partial charge in [-0.1, -0.05) is 18.2 Å². The van der Waals surface area contributed by atoms with Gasteiger partial charge in [-0.05, 0) is 48.2 Å². The summed E-state index contributed by atoms with van der Waals surface area (Å²) < 4.78 is 24.2. The first-order valence-corrected chi connectivity index (χ1v) is 9.72. The Balaban J connectivity index is 1.83. The summed E-state index contributed by atoms with van der Waals surface area (Å²) in [4.78, 5) is 18.7. The number of pyridine rings is 1. The van der Waals surface area contributed by atoms with Gasteiger partial charge in [-0.3, -0.25) is 9.78 Å². The van der Waals surface area contributed by atoms with E-state index in [1.165, 1.54) is 0 Å². The van der Waals surface area contributed by atoms with E-state index in [-0.39, 0.29) is 11.7 Å². The number of hydrogen-bond donors (Lipinski definition) is 0. The minimum atomic E-state index is -3.23. The quantitative estimate of drug-likeness (QED) is 0.845. The summed E-state index contributed by atoms with van der Waals surface area (Å²) in [5.41, 5.74) is 3.12. The van der Waals surface area contributed by atoms with Crippen molar-refractivity contribution >= 4 is 20.6 Å². The van der Waals surface area contributed by atoms with Crippen LogP contribution in [0.15, 0.2) is 48.8 Å². The second kappa shape index (κ2) is 6.80. The molecule has 0 spiro atoms. The Hall–Kier alpha value is -2.47. The fraction of sp³-hybridized carbons (Fsp3) is 0.263. The van der Waals surface area contributed by atoms with Gasteiger partial charge in [0.1, 0.15) is 0 Å². The highest BCUT2D eigenvalue weighted by Crippen LogP contribution is 2.29. The summed E-state index contributed by atoms with van der Waals surface area (Å²) in [6.45, 7) is 2.43. The monoisotopic (exact) mass is 356 g/mol. The van der Waals surface area contributed by atoms with Crippen molar-refractivity contribution in [1.29, 1.82) is 0 Å². The molecular weight excluding hydrogens is 336 g/mol. The second-order valence-electron chi connectivity index (χ2n) is 6.22. The predicted molar refractivity (Wildman–Crippen MR) is 97.6 cm³/mol. The van der Waals surface area contributed by atoms with Gasteiger partial charge in [0.15, 0.2) is 9.84 Å². The molecule has 0 saturated carbocycles. The van der Waals surface area contributed by atoms with Gasteiger partial charge in [0.2, 0.25) is 0 Å². The van der Waals surface area contributed by atoms with Gasteiger partial charge in [0, 0.05) is 31.5 Å². The van der Waals surface area contributed by atoms with E-state index in [2.05, 4.69) is 4.98 Å². The fourth-order valence-electron chi connectivity index (χ4n) is 2.91. The van der Waals surface area contributed by atoms with Crippen molar-refractivity contribution in [3.63, 3.8) is 0 Å². The number of aryl methyl sites for hydroxylation is 1. The van der Waals surface area contributed by atoms with Gasteiger partial charge in [-0.2, -0.15) is 0 Å². The zero-order chi connectivity index (χ0) is 18.0. The van der Waals surface area contributed by atoms with E-state index in [0.29, 0.717) is 29.0 Å². The van der Waals surface area contributed by atoms with Gasteiger partial charge in [-0.15, -0.1) is 0 Å². The van der Waals surface area contributed by atoms with Crippen LogP contribution in [0.1, 0.15) is 33.5 Å². The lowest BCUT2D eigenvalue weighted by atomic mass is 10.1. The molecule has 2 aromatic rings. The lowest BCUT2D eigenvalue weighted by Crippen LogP contribution is -2.26. The Morgan fingerprint density at radius 1 is 1.28 bits per heavy atom. The number of allylic oxidation sites excluding steroid dienone is 1. The normalized spacial score (nSPS) is 15.7. The summed E-state index contributed by atoms with van der Waals surface area (Å²) in [7, 11) is -1.49. The summed E-state index contributed by atoms with van der Waals surface area (Å²) >= 11 is 0. The smallest absolute Gasteiger partial charge is 0.253 e. The van der Waals surface area contributed by atoms with Gasteiger partial charge in [-0.25, -0.2) is 8.42 Å². The highest BCUT2D eigenvalue weighted by molar-refractivity contribution is 8.00. The molecule has 0 radical (unpaired) electrons. The zero-order valence-electron chi connectivity index (χ0n) is 14.3. The Morgan fingerprint density at radius 3 is 2.76 bits per heavy atom. The maximum absolute atomic E-state index is 12.7. The van der Waals surface area contributed by atoms with Crippen molar-refractivity contribution in [2.45, 2.75) is 19.9 Å². The van der Waals surface area contributed by atoms with Gasteiger partial charge in [0.25, 0.3) is 5.91 Å². The van der Waals surface area contributed by atoms with E-state index in [9.17, 15) is 13.2 Å². The Kier molecular flexibility index (Phi) is 4.72. The first kappa shape index (κ1) is 17.4. The molecule has 1 aromatic heterocycles. The van der Waals surface area contributed by atoms with Crippen molar-refractivity contribution in [3.05, 3.63) is 71.1 Å². The maximum Gasteiger partial charge on any atom is 0.253 e. The highest BCUT2D eigenvalue weighted by atomic mass is 32.2. The first-order valence-electron chi connectivity index (χ1n) is 8.07. The molecular formula is C19H20N2O3S. The maximum atomic E-state index is 12.7. The van der Waals surface area contributed by atoms with Gasteiger partial charge in [0.05, 0.1) is 10.7 Å². The molecule has 0 unspecified atom stereocenters. The number of hydrogen-bond acceptors (Lipinski definition) is 4. The van der Waals surface area contributed by atoms with Crippen LogP contribution in [0.25, 0.3) is 4.91 Å². The van der Waals surface area contributed by atoms with Crippen LogP contribution in [0.2, 0.25) is 0 Å². The second-order valence-corrected chi connectivity index (χ2v) is 8.30. The van der Waals surface area contributed by atoms with Crippen molar-refractivity contribution in [3.8, 4) is 0 Å². The fourth-order valence-corrected chi connectivity index (χ4v) is 4.42. The van der Waals surface area contributed by atoms with E-state index in [1.54, 1.807) is 54.7 Å². The van der Waals surface area contributed by atoms with Crippen molar-refractivity contribution in [2.75, 3.05) is 12.8 Å². The number of benzene rings is 1. The third kappa shape index (κ3) is 3.64. The number of carbonyl (C=O) groups excluding carboxylic acids is 1. The number of sulfone groups is 1. The highest BCUT2D eigenvalue weighted by Gasteiger charge is 2.25. The van der Waals surface area contributed by atoms with E-state index < -0.39 is 9.84 Å². The minimum absolute atomic E-state index is 0.141. The van der Waals surface area contributed by atoms with Crippen LogP contribution in [0.4, 0.5) is 0 Å². The predicted octanol–water partition coefficient (Wildman–Crippen LogP) is 2.82. The molecule has 0 saturated heterocycles. The van der Waals surface area contributed by atoms with Crippen LogP contribution in [0.5, 0.6) is 0 Å². The lowest BCUT2D eigenvalue weighted by molar-refractivity contribution is 0.0785. The van der Waals surface area contributed by atoms with Gasteiger partial charge >= 0.3 is 0 Å². The molecule has 1 amide bonds. The molecule has 25 heavy (non-hydrogen) atoms. The molecule has 6 heteroatoms. The number of nitrogens with zero attached hydrogens (tertiary/aromatic N) is 2. The van der Waals surface area contributed by atoms with Crippen molar-refractivity contribution in [1.82, 2.24) is 9.88 Å². The molecule has 0 bridgehead atoms. The van der Waals surface area contributed by atoms with Crippen LogP contribution in [-0.2, 0) is 16.4 Å². The average Bonchev–Trinajstić information content (AvgIpc) is 2.95. The van der Waals surface area contributed by atoms with Crippen LogP contribution < -0.4 is 0 Å². The molecule has 0 atom stereocenters. The molecule has 130 valence electrons. The molecule has 1 aliphatic heterocycles. The lowest BCUT2D eigenvalue weighted by Gasteiger charge is -2.19. The Morgan fingerprint density at radius 2 is 2.08 bits per heavy atom. The van der Waals surface area contributed by atoms with Crippen LogP contribution in [0, 0.1) is 6.92 Å². The number of carbonyl (C=O) groups is 1. The third-order valence-corrected chi connectivity index (χ3v) is 6.18. The summed E-state index contributed by atoms with van der Waals surface area (Å²) in [5.74, 6) is -0.00379. The number of amides is 1. The molecule has 0 aliphatic carbocycles. The summed E-state index contributed by atoms with van der Waals surface area (Å²) in [6.07, 6.45) is 5.73. The average molecular weight is 356 g/mol. The van der Waals surface area contributed by atoms with E-state index >= 15 is 0 Å². The summed E-state index contributed by atoms with van der Waals surface area (Å²) in [5, 5.41) is 0. The topological polar surface area (TPSA) is 67.3 Å². The molecule has 2 heterocycles. The summed E-state index contributed by atoms with van der Waals surface area (Å²) in [6, 6.07) is 8.73. The number of aromatic nitrogens is 1.